The van der Waals surface area contributed by atoms with Gasteiger partial charge in [-0.25, -0.2) is 4.79 Å². The summed E-state index contributed by atoms with van der Waals surface area (Å²) in [5.74, 6) is -0.659. The van der Waals surface area contributed by atoms with E-state index in [9.17, 15) is 14.9 Å². The second kappa shape index (κ2) is 4.18. The smallest absolute Gasteiger partial charge is 0.522 e. The van der Waals surface area contributed by atoms with E-state index in [0.29, 0.717) is 24.9 Å². The summed E-state index contributed by atoms with van der Waals surface area (Å²) in [4.78, 5) is 11.2. The molecule has 0 unspecified atom stereocenters. The Balaban J connectivity index is 2.57. The molecule has 0 amide bonds. The van der Waals surface area contributed by atoms with Crippen LogP contribution in [0.1, 0.15) is 28.4 Å². The van der Waals surface area contributed by atoms with Gasteiger partial charge in [0.15, 0.2) is 0 Å². The molecule has 84 valence electrons. The third-order valence-electron chi connectivity index (χ3n) is 2.83. The molecule has 0 aliphatic carbocycles. The molecule has 1 aromatic rings. The monoisotopic (exact) mass is 220 g/mol. The van der Waals surface area contributed by atoms with Crippen molar-refractivity contribution in [2.75, 3.05) is 0 Å². The molecule has 4 nitrogen and oxygen atoms in total. The van der Waals surface area contributed by atoms with Gasteiger partial charge in [0.1, 0.15) is 11.3 Å². The lowest BCUT2D eigenvalue weighted by molar-refractivity contribution is 0.0693. The number of aromatic carboxylic acids is 1. The summed E-state index contributed by atoms with van der Waals surface area (Å²) in [5, 5.41) is 18.6. The predicted octanol–water partition coefficient (Wildman–Crippen LogP) is 1.36. The first-order chi connectivity index (χ1) is 7.63. The fraction of sp³-hybridized carbons (Fsp3) is 0.364. The summed E-state index contributed by atoms with van der Waals surface area (Å²) in [5.41, 5.74) is 1.79. The van der Waals surface area contributed by atoms with Crippen molar-refractivity contribution < 1.29 is 19.6 Å². The molecule has 1 aliphatic heterocycles. The molecule has 2 rings (SSSR count). The van der Waals surface area contributed by atoms with Crippen LogP contribution in [0.3, 0.4) is 0 Å². The van der Waals surface area contributed by atoms with Gasteiger partial charge < -0.3 is 14.8 Å². The maximum Gasteiger partial charge on any atom is 0.522 e. The first kappa shape index (κ1) is 11.0. The average Bonchev–Trinajstić information content (AvgIpc) is 2.26. The summed E-state index contributed by atoms with van der Waals surface area (Å²) in [6.07, 6.45) is 1.80. The number of carbonyl (C=O) groups is 1. The van der Waals surface area contributed by atoms with E-state index in [4.69, 9.17) is 4.65 Å². The molecule has 0 aromatic heterocycles. The maximum atomic E-state index is 11.2. The van der Waals surface area contributed by atoms with Gasteiger partial charge in [0.2, 0.25) is 0 Å². The van der Waals surface area contributed by atoms with E-state index >= 15 is 0 Å². The Bertz CT molecular complexity index is 430. The number of hydrogen-bond acceptors (Lipinski definition) is 3. The lowest BCUT2D eigenvalue weighted by atomic mass is 9.78. The molecule has 0 atom stereocenters. The molecule has 1 heterocycles. The standard InChI is InChI=1S/C11H13BO4/c1-2-7-3-4-8-5-6-12(15)16-10(8)9(7)11(13)14/h3-4,15H,2,5-6H2,1H3,(H,13,14). The Morgan fingerprint density at radius 2 is 2.31 bits per heavy atom. The lowest BCUT2D eigenvalue weighted by Gasteiger charge is -2.22. The number of carboxylic acids is 1. The quantitative estimate of drug-likeness (QED) is 0.738. The van der Waals surface area contributed by atoms with Gasteiger partial charge in [0, 0.05) is 0 Å². The fourth-order valence-electron chi connectivity index (χ4n) is 2.00. The van der Waals surface area contributed by atoms with Gasteiger partial charge in [-0.2, -0.15) is 0 Å². The molecule has 5 heteroatoms. The maximum absolute atomic E-state index is 11.2. The van der Waals surface area contributed by atoms with Crippen LogP contribution in [-0.4, -0.2) is 23.2 Å². The normalized spacial score (nSPS) is 14.2. The average molecular weight is 220 g/mol. The summed E-state index contributed by atoms with van der Waals surface area (Å²) in [6.45, 7) is 1.90. The van der Waals surface area contributed by atoms with Crippen molar-refractivity contribution >= 4 is 13.1 Å². The molecule has 0 bridgehead atoms. The van der Waals surface area contributed by atoms with Gasteiger partial charge in [-0.05, 0) is 30.3 Å². The van der Waals surface area contributed by atoms with Crippen molar-refractivity contribution in [2.45, 2.75) is 26.1 Å². The van der Waals surface area contributed by atoms with Crippen molar-refractivity contribution in [2.24, 2.45) is 0 Å². The van der Waals surface area contributed by atoms with E-state index in [1.54, 1.807) is 0 Å². The van der Waals surface area contributed by atoms with E-state index < -0.39 is 13.1 Å². The molecule has 1 aromatic carbocycles. The van der Waals surface area contributed by atoms with Gasteiger partial charge in [-0.3, -0.25) is 0 Å². The van der Waals surface area contributed by atoms with Crippen LogP contribution in [0.15, 0.2) is 12.1 Å². The van der Waals surface area contributed by atoms with Gasteiger partial charge in [0.25, 0.3) is 0 Å². The van der Waals surface area contributed by atoms with E-state index in [-0.39, 0.29) is 5.56 Å². The van der Waals surface area contributed by atoms with Crippen molar-refractivity contribution in [1.29, 1.82) is 0 Å². The highest BCUT2D eigenvalue weighted by Crippen LogP contribution is 2.32. The Kier molecular flexibility index (Phi) is 2.87. The third kappa shape index (κ3) is 1.78. The molecule has 0 fully saturated rings. The molecule has 2 N–H and O–H groups in total. The Morgan fingerprint density at radius 1 is 1.56 bits per heavy atom. The molecule has 1 aliphatic rings. The zero-order valence-electron chi connectivity index (χ0n) is 9.06. The Hall–Kier alpha value is -1.49. The number of benzene rings is 1. The van der Waals surface area contributed by atoms with Crippen LogP contribution in [-0.2, 0) is 12.8 Å². The summed E-state index contributed by atoms with van der Waals surface area (Å²) >= 11 is 0. The topological polar surface area (TPSA) is 66.8 Å². The van der Waals surface area contributed by atoms with Gasteiger partial charge in [-0.1, -0.05) is 19.1 Å². The van der Waals surface area contributed by atoms with E-state index in [0.717, 1.165) is 11.1 Å². The van der Waals surface area contributed by atoms with Crippen LogP contribution >= 0.6 is 0 Å². The van der Waals surface area contributed by atoms with Crippen molar-refractivity contribution in [3.63, 3.8) is 0 Å². The predicted molar refractivity (Wildman–Crippen MR) is 59.9 cm³/mol. The van der Waals surface area contributed by atoms with Gasteiger partial charge in [-0.15, -0.1) is 0 Å². The van der Waals surface area contributed by atoms with E-state index in [2.05, 4.69) is 0 Å². The molecule has 16 heavy (non-hydrogen) atoms. The zero-order valence-corrected chi connectivity index (χ0v) is 9.06. The lowest BCUT2D eigenvalue weighted by Crippen LogP contribution is -2.28. The van der Waals surface area contributed by atoms with Crippen LogP contribution in [0, 0.1) is 0 Å². The second-order valence-electron chi connectivity index (χ2n) is 3.86. The largest absolute Gasteiger partial charge is 0.535 e. The minimum atomic E-state index is -0.997. The summed E-state index contributed by atoms with van der Waals surface area (Å²) in [6, 6.07) is 3.70. The van der Waals surface area contributed by atoms with Gasteiger partial charge in [0.05, 0.1) is 0 Å². The second-order valence-corrected chi connectivity index (χ2v) is 3.86. The van der Waals surface area contributed by atoms with Gasteiger partial charge >= 0.3 is 13.1 Å². The SMILES string of the molecule is CCc1ccc2c(c1C(=O)O)OB(O)CC2. The highest BCUT2D eigenvalue weighted by Gasteiger charge is 2.28. The molecular formula is C11H13BO4. The number of hydrogen-bond donors (Lipinski definition) is 2. The number of rotatable bonds is 2. The third-order valence-corrected chi connectivity index (χ3v) is 2.83. The molecular weight excluding hydrogens is 207 g/mol. The highest BCUT2D eigenvalue weighted by atomic mass is 16.5. The highest BCUT2D eigenvalue weighted by molar-refractivity contribution is 6.44. The Morgan fingerprint density at radius 3 is 2.94 bits per heavy atom. The minimum Gasteiger partial charge on any atom is -0.535 e. The molecule has 0 radical (unpaired) electrons. The van der Waals surface area contributed by atoms with Crippen molar-refractivity contribution in [3.05, 3.63) is 28.8 Å². The summed E-state index contributed by atoms with van der Waals surface area (Å²) in [7, 11) is -0.891. The van der Waals surface area contributed by atoms with E-state index in [1.165, 1.54) is 0 Å². The van der Waals surface area contributed by atoms with Crippen LogP contribution in [0.25, 0.3) is 0 Å². The van der Waals surface area contributed by atoms with Crippen LogP contribution in [0.5, 0.6) is 5.75 Å². The molecule has 0 saturated carbocycles. The first-order valence-corrected chi connectivity index (χ1v) is 5.36. The van der Waals surface area contributed by atoms with Crippen LogP contribution in [0.4, 0.5) is 0 Å². The zero-order chi connectivity index (χ0) is 11.7. The Labute approximate surface area is 94.0 Å². The van der Waals surface area contributed by atoms with Crippen molar-refractivity contribution in [1.82, 2.24) is 0 Å². The first-order valence-electron chi connectivity index (χ1n) is 5.36. The fourth-order valence-corrected chi connectivity index (χ4v) is 2.00. The van der Waals surface area contributed by atoms with Crippen LogP contribution < -0.4 is 4.65 Å². The van der Waals surface area contributed by atoms with Crippen molar-refractivity contribution in [3.8, 4) is 5.75 Å². The number of fused-ring (bicyclic) bond motifs is 1. The molecule has 0 spiro atoms. The van der Waals surface area contributed by atoms with E-state index in [1.807, 2.05) is 19.1 Å². The number of aryl methyl sites for hydroxylation is 2. The van der Waals surface area contributed by atoms with Crippen LogP contribution in [0.2, 0.25) is 6.32 Å². The summed E-state index contributed by atoms with van der Waals surface area (Å²) < 4.78 is 5.24. The molecule has 0 saturated heterocycles. The minimum absolute atomic E-state index is 0.193. The number of carboxylic acid groups (broad SMARTS) is 1.